The standard InChI is InChI=1S/C11H26N2O2.C2H4/c12-6-4-10-14-8-2-1-3-9-15-11-5-7-13;1-2/h1-13H2;1-2H2. The first kappa shape index (κ1) is 18.9. The van der Waals surface area contributed by atoms with Crippen LogP contribution in [-0.2, 0) is 9.47 Å². The molecule has 0 atom stereocenters. The molecule has 0 rings (SSSR count). The van der Waals surface area contributed by atoms with E-state index in [1.54, 1.807) is 0 Å². The number of hydrogen-bond acceptors (Lipinski definition) is 4. The zero-order valence-electron chi connectivity index (χ0n) is 11.2. The molecule has 4 heteroatoms. The summed E-state index contributed by atoms with van der Waals surface area (Å²) in [5.41, 5.74) is 10.7. The Labute approximate surface area is 106 Å². The molecule has 104 valence electrons. The molecule has 0 spiro atoms. The Hall–Kier alpha value is -0.420. The number of hydrogen-bond donors (Lipinski definition) is 2. The fraction of sp³-hybridized carbons (Fsp3) is 0.846. The Morgan fingerprint density at radius 2 is 0.941 bits per heavy atom. The Morgan fingerprint density at radius 3 is 1.29 bits per heavy atom. The lowest BCUT2D eigenvalue weighted by Crippen LogP contribution is -2.06. The van der Waals surface area contributed by atoms with Crippen molar-refractivity contribution in [2.24, 2.45) is 11.5 Å². The molecule has 0 fully saturated rings. The zero-order valence-corrected chi connectivity index (χ0v) is 11.2. The Kier molecular flexibility index (Phi) is 23.3. The van der Waals surface area contributed by atoms with Gasteiger partial charge in [-0.3, -0.25) is 0 Å². The summed E-state index contributed by atoms with van der Waals surface area (Å²) in [6, 6.07) is 0. The van der Waals surface area contributed by atoms with Crippen LogP contribution in [0.3, 0.4) is 0 Å². The van der Waals surface area contributed by atoms with E-state index in [9.17, 15) is 0 Å². The highest BCUT2D eigenvalue weighted by molar-refractivity contribution is 4.43. The fourth-order valence-electron chi connectivity index (χ4n) is 1.16. The van der Waals surface area contributed by atoms with Gasteiger partial charge in [-0.05, 0) is 45.2 Å². The summed E-state index contributed by atoms with van der Waals surface area (Å²) < 4.78 is 10.8. The van der Waals surface area contributed by atoms with E-state index in [0.717, 1.165) is 65.2 Å². The van der Waals surface area contributed by atoms with Crippen molar-refractivity contribution in [3.05, 3.63) is 13.2 Å². The van der Waals surface area contributed by atoms with Crippen molar-refractivity contribution in [1.29, 1.82) is 0 Å². The first-order valence-electron chi connectivity index (χ1n) is 6.47. The zero-order chi connectivity index (χ0) is 13.2. The smallest absolute Gasteiger partial charge is 0.0478 e. The van der Waals surface area contributed by atoms with Gasteiger partial charge >= 0.3 is 0 Å². The summed E-state index contributed by atoms with van der Waals surface area (Å²) in [4.78, 5) is 0. The van der Waals surface area contributed by atoms with Crippen LogP contribution in [0.15, 0.2) is 13.2 Å². The van der Waals surface area contributed by atoms with Crippen molar-refractivity contribution >= 4 is 0 Å². The summed E-state index contributed by atoms with van der Waals surface area (Å²) >= 11 is 0. The average molecular weight is 246 g/mol. The molecular weight excluding hydrogens is 216 g/mol. The van der Waals surface area contributed by atoms with Gasteiger partial charge in [-0.1, -0.05) is 0 Å². The lowest BCUT2D eigenvalue weighted by atomic mass is 10.2. The van der Waals surface area contributed by atoms with Crippen molar-refractivity contribution in [2.45, 2.75) is 32.1 Å². The summed E-state index contributed by atoms with van der Waals surface area (Å²) in [6.45, 7) is 10.7. The second kappa shape index (κ2) is 20.9. The van der Waals surface area contributed by atoms with Gasteiger partial charge in [0, 0.05) is 26.4 Å². The van der Waals surface area contributed by atoms with Crippen molar-refractivity contribution in [3.63, 3.8) is 0 Å². The Bertz CT molecular complexity index is 112. The van der Waals surface area contributed by atoms with Crippen LogP contribution in [0.2, 0.25) is 0 Å². The lowest BCUT2D eigenvalue weighted by molar-refractivity contribution is 0.114. The van der Waals surface area contributed by atoms with Crippen LogP contribution >= 0.6 is 0 Å². The number of nitrogens with two attached hydrogens (primary N) is 2. The van der Waals surface area contributed by atoms with Crippen LogP contribution in [0.1, 0.15) is 32.1 Å². The van der Waals surface area contributed by atoms with E-state index in [1.807, 2.05) is 0 Å². The van der Waals surface area contributed by atoms with E-state index in [1.165, 1.54) is 6.42 Å². The lowest BCUT2D eigenvalue weighted by Gasteiger charge is -2.04. The SMILES string of the molecule is C=C.NCCCOCCCCCOCCCN. The second-order valence-electron chi connectivity index (χ2n) is 3.57. The van der Waals surface area contributed by atoms with Crippen molar-refractivity contribution < 1.29 is 9.47 Å². The number of ether oxygens (including phenoxy) is 2. The maximum Gasteiger partial charge on any atom is 0.0478 e. The third-order valence-corrected chi connectivity index (χ3v) is 2.06. The summed E-state index contributed by atoms with van der Waals surface area (Å²) in [7, 11) is 0. The van der Waals surface area contributed by atoms with E-state index < -0.39 is 0 Å². The first-order chi connectivity index (χ1) is 8.41. The highest BCUT2D eigenvalue weighted by atomic mass is 16.5. The quantitative estimate of drug-likeness (QED) is 0.406. The van der Waals surface area contributed by atoms with Gasteiger partial charge in [0.15, 0.2) is 0 Å². The second-order valence-corrected chi connectivity index (χ2v) is 3.57. The molecule has 0 unspecified atom stereocenters. The highest BCUT2D eigenvalue weighted by Gasteiger charge is 1.91. The van der Waals surface area contributed by atoms with Crippen LogP contribution in [0.5, 0.6) is 0 Å². The summed E-state index contributed by atoms with van der Waals surface area (Å²) in [6.07, 6.45) is 5.32. The number of unbranched alkanes of at least 4 members (excludes halogenated alkanes) is 2. The molecule has 4 N–H and O–H groups in total. The minimum Gasteiger partial charge on any atom is -0.381 e. The summed E-state index contributed by atoms with van der Waals surface area (Å²) in [5.74, 6) is 0. The van der Waals surface area contributed by atoms with Crippen molar-refractivity contribution in [3.8, 4) is 0 Å². The van der Waals surface area contributed by atoms with E-state index in [4.69, 9.17) is 20.9 Å². The van der Waals surface area contributed by atoms with Gasteiger partial charge in [0.2, 0.25) is 0 Å². The van der Waals surface area contributed by atoms with Gasteiger partial charge in [-0.15, -0.1) is 13.2 Å². The molecule has 17 heavy (non-hydrogen) atoms. The number of rotatable bonds is 12. The molecule has 0 bridgehead atoms. The van der Waals surface area contributed by atoms with Crippen molar-refractivity contribution in [1.82, 2.24) is 0 Å². The summed E-state index contributed by atoms with van der Waals surface area (Å²) in [5, 5.41) is 0. The highest BCUT2D eigenvalue weighted by Crippen LogP contribution is 1.97. The average Bonchev–Trinajstić information content (AvgIpc) is 2.38. The predicted molar refractivity (Wildman–Crippen MR) is 74.1 cm³/mol. The molecule has 0 saturated carbocycles. The molecule has 0 aliphatic carbocycles. The minimum absolute atomic E-state index is 0.717. The van der Waals surface area contributed by atoms with Crippen LogP contribution in [0, 0.1) is 0 Å². The topological polar surface area (TPSA) is 70.5 Å². The normalized spacial score (nSPS) is 9.76. The van der Waals surface area contributed by atoms with Gasteiger partial charge in [0.1, 0.15) is 0 Å². The van der Waals surface area contributed by atoms with Gasteiger partial charge < -0.3 is 20.9 Å². The molecule has 0 aliphatic heterocycles. The van der Waals surface area contributed by atoms with Crippen LogP contribution < -0.4 is 11.5 Å². The monoisotopic (exact) mass is 246 g/mol. The maximum absolute atomic E-state index is 5.38. The fourth-order valence-corrected chi connectivity index (χ4v) is 1.16. The molecule has 0 aromatic rings. The molecule has 0 aromatic carbocycles. The van der Waals surface area contributed by atoms with Gasteiger partial charge in [-0.25, -0.2) is 0 Å². The van der Waals surface area contributed by atoms with E-state index in [-0.39, 0.29) is 0 Å². The first-order valence-corrected chi connectivity index (χ1v) is 6.47. The molecule has 0 aliphatic rings. The van der Waals surface area contributed by atoms with Crippen LogP contribution in [0.25, 0.3) is 0 Å². The van der Waals surface area contributed by atoms with E-state index in [0.29, 0.717) is 0 Å². The van der Waals surface area contributed by atoms with Crippen LogP contribution in [0.4, 0.5) is 0 Å². The van der Waals surface area contributed by atoms with Gasteiger partial charge in [0.05, 0.1) is 0 Å². The third-order valence-electron chi connectivity index (χ3n) is 2.06. The maximum atomic E-state index is 5.38. The van der Waals surface area contributed by atoms with Gasteiger partial charge in [0.25, 0.3) is 0 Å². The Balaban J connectivity index is 0. The largest absolute Gasteiger partial charge is 0.381 e. The molecular formula is C13H30N2O2. The molecule has 0 aromatic heterocycles. The van der Waals surface area contributed by atoms with E-state index in [2.05, 4.69) is 13.2 Å². The molecule has 0 saturated heterocycles. The predicted octanol–water partition coefficient (Wildman–Crippen LogP) is 1.69. The minimum atomic E-state index is 0.717. The third kappa shape index (κ3) is 21.4. The molecule has 4 nitrogen and oxygen atoms in total. The van der Waals surface area contributed by atoms with Crippen LogP contribution in [-0.4, -0.2) is 39.5 Å². The molecule has 0 heterocycles. The molecule has 0 amide bonds. The Morgan fingerprint density at radius 1 is 0.588 bits per heavy atom. The van der Waals surface area contributed by atoms with Crippen molar-refractivity contribution in [2.75, 3.05) is 39.5 Å². The van der Waals surface area contributed by atoms with Gasteiger partial charge in [-0.2, -0.15) is 0 Å². The van der Waals surface area contributed by atoms with E-state index >= 15 is 0 Å². The molecule has 0 radical (unpaired) electrons.